The van der Waals surface area contributed by atoms with Crippen molar-refractivity contribution in [2.75, 3.05) is 0 Å². The quantitative estimate of drug-likeness (QED) is 0.188. The first kappa shape index (κ1) is 28.4. The van der Waals surface area contributed by atoms with Crippen LogP contribution in [0.5, 0.6) is 0 Å². The second-order valence-electron chi connectivity index (χ2n) is 12.7. The van der Waals surface area contributed by atoms with Crippen LogP contribution in [-0.4, -0.2) is 28.9 Å². The van der Waals surface area contributed by atoms with Crippen molar-refractivity contribution in [2.45, 2.75) is 12.3 Å². The summed E-state index contributed by atoms with van der Waals surface area (Å²) in [6.07, 6.45) is 0.872. The minimum atomic E-state index is 0.253. The third-order valence-electron chi connectivity index (χ3n) is 9.79. The largest absolute Gasteiger partial charge is 0.280 e. The van der Waals surface area contributed by atoms with E-state index in [2.05, 4.69) is 112 Å². The van der Waals surface area contributed by atoms with Gasteiger partial charge in [0.05, 0.1) is 22.4 Å². The van der Waals surface area contributed by atoms with Crippen molar-refractivity contribution in [1.82, 2.24) is 28.9 Å². The van der Waals surface area contributed by atoms with Gasteiger partial charge in [-0.05, 0) is 47.5 Å². The Morgan fingerprint density at radius 1 is 0.460 bits per heavy atom. The first-order valence-electron chi connectivity index (χ1n) is 16.9. The lowest BCUT2D eigenvalue weighted by atomic mass is 9.79. The highest BCUT2D eigenvalue weighted by Gasteiger charge is 2.31. The predicted octanol–water partition coefficient (Wildman–Crippen LogP) is 9.82. The summed E-state index contributed by atoms with van der Waals surface area (Å²) in [7, 11) is 0. The molecule has 0 amide bonds. The number of fused-ring (bicyclic) bond motifs is 7. The number of aromatic nitrogens is 6. The molecular weight excluding hydrogens is 613 g/mol. The number of benzene rings is 6. The summed E-state index contributed by atoms with van der Waals surface area (Å²) in [4.78, 5) is 20.1. The Labute approximate surface area is 289 Å². The Hall–Kier alpha value is -6.66. The molecule has 0 saturated heterocycles. The average molecular weight is 643 g/mol. The molecule has 6 aromatic carbocycles. The molecule has 0 radical (unpaired) electrons. The SMILES string of the molecule is c1ccc(-c2nc(-c3ccccc3)nc(-c3ccc(-n4c5ccccc5n5c6c(nc45)-c4ccccc4C(c4ccccc4)C6)cc3)n2)cc1. The number of hydrogen-bond donors (Lipinski definition) is 0. The molecule has 50 heavy (non-hydrogen) atoms. The lowest BCUT2D eigenvalue weighted by molar-refractivity contribution is 0.768. The smallest absolute Gasteiger partial charge is 0.220 e. The average Bonchev–Trinajstić information content (AvgIpc) is 3.73. The zero-order valence-corrected chi connectivity index (χ0v) is 27.1. The van der Waals surface area contributed by atoms with E-state index in [-0.39, 0.29) is 5.92 Å². The molecule has 1 aliphatic rings. The minimum Gasteiger partial charge on any atom is -0.280 e. The molecular formula is C44H30N6. The molecule has 0 bridgehead atoms. The number of hydrogen-bond acceptors (Lipinski definition) is 4. The Kier molecular flexibility index (Phi) is 6.52. The zero-order valence-electron chi connectivity index (χ0n) is 27.1. The highest BCUT2D eigenvalue weighted by molar-refractivity contribution is 5.87. The normalized spacial score (nSPS) is 13.7. The number of rotatable bonds is 5. The van der Waals surface area contributed by atoms with E-state index in [0.717, 1.165) is 51.3 Å². The molecule has 0 saturated carbocycles. The molecule has 1 unspecified atom stereocenters. The van der Waals surface area contributed by atoms with Gasteiger partial charge < -0.3 is 0 Å². The summed E-state index contributed by atoms with van der Waals surface area (Å²) >= 11 is 0. The van der Waals surface area contributed by atoms with Gasteiger partial charge in [0.15, 0.2) is 17.5 Å². The van der Waals surface area contributed by atoms with Crippen molar-refractivity contribution in [3.05, 3.63) is 181 Å². The molecule has 6 heteroatoms. The molecule has 10 rings (SSSR count). The van der Waals surface area contributed by atoms with Crippen molar-refractivity contribution in [3.63, 3.8) is 0 Å². The molecule has 236 valence electrons. The maximum atomic E-state index is 5.40. The molecule has 0 fully saturated rings. The number of imidazole rings is 2. The van der Waals surface area contributed by atoms with Crippen molar-refractivity contribution in [3.8, 4) is 51.1 Å². The molecule has 0 N–H and O–H groups in total. The Morgan fingerprint density at radius 3 is 1.62 bits per heavy atom. The van der Waals surface area contributed by atoms with Gasteiger partial charge in [-0.1, -0.05) is 127 Å². The second-order valence-corrected chi connectivity index (χ2v) is 12.7. The number of para-hydroxylation sites is 2. The molecule has 1 atom stereocenters. The van der Waals surface area contributed by atoms with Crippen LogP contribution in [0.15, 0.2) is 164 Å². The van der Waals surface area contributed by atoms with Crippen LogP contribution in [0.1, 0.15) is 22.7 Å². The second kappa shape index (κ2) is 11.5. The van der Waals surface area contributed by atoms with E-state index < -0.39 is 0 Å². The first-order valence-corrected chi connectivity index (χ1v) is 16.9. The van der Waals surface area contributed by atoms with Crippen LogP contribution < -0.4 is 0 Å². The van der Waals surface area contributed by atoms with Gasteiger partial charge in [0, 0.05) is 40.3 Å². The van der Waals surface area contributed by atoms with Crippen LogP contribution in [0.4, 0.5) is 0 Å². The maximum absolute atomic E-state index is 5.40. The first-order chi connectivity index (χ1) is 24.8. The molecule has 3 heterocycles. The Morgan fingerprint density at radius 2 is 0.980 bits per heavy atom. The summed E-state index contributed by atoms with van der Waals surface area (Å²) in [5.74, 6) is 3.09. The summed E-state index contributed by atoms with van der Waals surface area (Å²) in [6, 6.07) is 56.8. The van der Waals surface area contributed by atoms with E-state index in [1.165, 1.54) is 22.4 Å². The van der Waals surface area contributed by atoms with Gasteiger partial charge in [-0.15, -0.1) is 0 Å². The van der Waals surface area contributed by atoms with E-state index >= 15 is 0 Å². The lowest BCUT2D eigenvalue weighted by Gasteiger charge is -2.25. The molecule has 6 nitrogen and oxygen atoms in total. The zero-order chi connectivity index (χ0) is 33.0. The van der Waals surface area contributed by atoms with Crippen molar-refractivity contribution >= 4 is 16.8 Å². The van der Waals surface area contributed by atoms with Gasteiger partial charge >= 0.3 is 0 Å². The third-order valence-corrected chi connectivity index (χ3v) is 9.79. The van der Waals surface area contributed by atoms with E-state index in [0.29, 0.717) is 17.5 Å². The van der Waals surface area contributed by atoms with E-state index in [9.17, 15) is 0 Å². The predicted molar refractivity (Wildman–Crippen MR) is 199 cm³/mol. The lowest BCUT2D eigenvalue weighted by Crippen LogP contribution is -2.13. The van der Waals surface area contributed by atoms with Crippen LogP contribution in [0.2, 0.25) is 0 Å². The highest BCUT2D eigenvalue weighted by Crippen LogP contribution is 2.44. The van der Waals surface area contributed by atoms with Crippen molar-refractivity contribution in [2.24, 2.45) is 0 Å². The Bertz CT molecular complexity index is 2600. The summed E-state index contributed by atoms with van der Waals surface area (Å²) in [5, 5.41) is 0. The van der Waals surface area contributed by atoms with Crippen molar-refractivity contribution < 1.29 is 0 Å². The Balaban J connectivity index is 1.12. The molecule has 0 aliphatic heterocycles. The minimum absolute atomic E-state index is 0.253. The van der Waals surface area contributed by atoms with Crippen LogP contribution in [0, 0.1) is 0 Å². The van der Waals surface area contributed by atoms with Crippen LogP contribution in [-0.2, 0) is 6.42 Å². The molecule has 0 spiro atoms. The van der Waals surface area contributed by atoms with Crippen LogP contribution in [0.3, 0.4) is 0 Å². The highest BCUT2D eigenvalue weighted by atomic mass is 15.2. The van der Waals surface area contributed by atoms with Gasteiger partial charge in [-0.2, -0.15) is 0 Å². The topological polar surface area (TPSA) is 60.9 Å². The van der Waals surface area contributed by atoms with Gasteiger partial charge in [-0.25, -0.2) is 19.9 Å². The van der Waals surface area contributed by atoms with Gasteiger partial charge in [0.25, 0.3) is 0 Å². The molecule has 9 aromatic rings. The fourth-order valence-electron chi connectivity index (χ4n) is 7.45. The van der Waals surface area contributed by atoms with Crippen LogP contribution in [0.25, 0.3) is 67.9 Å². The molecule has 1 aliphatic carbocycles. The summed E-state index contributed by atoms with van der Waals surface area (Å²) in [6.45, 7) is 0. The summed E-state index contributed by atoms with van der Waals surface area (Å²) in [5.41, 5.74) is 12.3. The monoisotopic (exact) mass is 642 g/mol. The third kappa shape index (κ3) is 4.57. The van der Waals surface area contributed by atoms with E-state index in [1.54, 1.807) is 0 Å². The number of nitrogens with zero attached hydrogens (tertiary/aromatic N) is 6. The van der Waals surface area contributed by atoms with Crippen LogP contribution >= 0.6 is 0 Å². The van der Waals surface area contributed by atoms with E-state index in [1.807, 2.05) is 60.7 Å². The van der Waals surface area contributed by atoms with E-state index in [4.69, 9.17) is 19.9 Å². The fourth-order valence-corrected chi connectivity index (χ4v) is 7.45. The van der Waals surface area contributed by atoms with Crippen molar-refractivity contribution in [1.29, 1.82) is 0 Å². The van der Waals surface area contributed by atoms with Gasteiger partial charge in [-0.3, -0.25) is 8.97 Å². The fraction of sp³-hybridized carbons (Fsp3) is 0.0455. The molecule has 3 aromatic heterocycles. The van der Waals surface area contributed by atoms with Gasteiger partial charge in [0.2, 0.25) is 5.78 Å². The summed E-state index contributed by atoms with van der Waals surface area (Å²) < 4.78 is 4.64. The standard InChI is InChI=1S/C44H30N6/c1-4-14-29(15-5-1)36-28-39-40(35-21-11-10-20-34(35)36)45-44-49(37-22-12-13-23-38(37)50(39)44)33-26-24-32(25-27-33)43-47-41(30-16-6-2-7-17-30)46-42(48-43)31-18-8-3-9-19-31/h1-27,36H,28H2. The van der Waals surface area contributed by atoms with Gasteiger partial charge in [0.1, 0.15) is 0 Å². The maximum Gasteiger partial charge on any atom is 0.220 e.